The highest BCUT2D eigenvalue weighted by Gasteiger charge is 2.30. The van der Waals surface area contributed by atoms with E-state index in [9.17, 15) is 12.8 Å². The lowest BCUT2D eigenvalue weighted by molar-refractivity contribution is 0.591. The van der Waals surface area contributed by atoms with Crippen LogP contribution in [0, 0.1) is 5.82 Å². The van der Waals surface area contributed by atoms with E-state index in [0.717, 1.165) is 16.9 Å². The van der Waals surface area contributed by atoms with E-state index in [1.807, 2.05) is 30.5 Å². The number of nitrogens with zero attached hydrogens (tertiary/aromatic N) is 2. The second-order valence-electron chi connectivity index (χ2n) is 8.59. The third kappa shape index (κ3) is 5.59. The van der Waals surface area contributed by atoms with Crippen LogP contribution in [0.4, 0.5) is 4.39 Å². The maximum atomic E-state index is 13.7. The Hall–Kier alpha value is -2.07. The predicted octanol–water partition coefficient (Wildman–Crippen LogP) is 7.24. The summed E-state index contributed by atoms with van der Waals surface area (Å²) >= 11 is 19.8. The smallest absolute Gasteiger partial charge is 0.239 e. The summed E-state index contributed by atoms with van der Waals surface area (Å²) in [6.45, 7) is 4.07. The van der Waals surface area contributed by atoms with Crippen LogP contribution >= 0.6 is 46.6 Å². The molecule has 0 saturated carbocycles. The third-order valence-corrected chi connectivity index (χ3v) is 8.92. The molecule has 0 atom stereocenters. The van der Waals surface area contributed by atoms with Crippen LogP contribution in [-0.4, -0.2) is 18.0 Å². The quantitative estimate of drug-likeness (QED) is 0.232. The molecule has 1 aromatic heterocycles. The third-order valence-electron chi connectivity index (χ3n) is 5.77. The van der Waals surface area contributed by atoms with Gasteiger partial charge < -0.3 is 0 Å². The Kier molecular flexibility index (Phi) is 7.76. The Bertz CT molecular complexity index is 1540. The van der Waals surface area contributed by atoms with Crippen molar-refractivity contribution in [3.8, 4) is 5.69 Å². The molecule has 1 heterocycles. The van der Waals surface area contributed by atoms with Gasteiger partial charge in [0.05, 0.1) is 27.0 Å². The molecule has 0 aliphatic rings. The molecule has 0 spiro atoms. The van der Waals surface area contributed by atoms with Crippen LogP contribution in [0.3, 0.4) is 0 Å². The highest BCUT2D eigenvalue weighted by molar-refractivity contribution is 7.98. The average molecular weight is 585 g/mol. The maximum absolute atomic E-state index is 13.7. The maximum Gasteiger partial charge on any atom is 0.239 e. The number of benzene rings is 3. The summed E-state index contributed by atoms with van der Waals surface area (Å²) in [4.78, 5) is 4.52. The number of sulfonamides is 1. The number of aromatic nitrogens is 2. The van der Waals surface area contributed by atoms with Gasteiger partial charge in [0.25, 0.3) is 0 Å². The number of rotatable bonds is 7. The van der Waals surface area contributed by atoms with Gasteiger partial charge in [-0.05, 0) is 59.7 Å². The Morgan fingerprint density at radius 3 is 2.28 bits per heavy atom. The van der Waals surface area contributed by atoms with Gasteiger partial charge >= 0.3 is 0 Å². The molecular formula is C25H21Cl3FN3O2S2. The fourth-order valence-electron chi connectivity index (χ4n) is 3.75. The van der Waals surface area contributed by atoms with Crippen LogP contribution < -0.4 is 5.14 Å². The largest absolute Gasteiger partial charge is 0.291 e. The van der Waals surface area contributed by atoms with E-state index in [2.05, 4.69) is 4.98 Å². The first-order chi connectivity index (χ1) is 16.9. The molecule has 4 rings (SSSR count). The zero-order valence-electron chi connectivity index (χ0n) is 19.2. The second kappa shape index (κ2) is 10.4. The van der Waals surface area contributed by atoms with Crippen LogP contribution in [-0.2, 0) is 21.2 Å². The number of hydrogen-bond acceptors (Lipinski definition) is 4. The van der Waals surface area contributed by atoms with Gasteiger partial charge in [0.15, 0.2) is 5.16 Å². The molecule has 36 heavy (non-hydrogen) atoms. The summed E-state index contributed by atoms with van der Waals surface area (Å²) in [6.07, 6.45) is 1.77. The monoisotopic (exact) mass is 583 g/mol. The molecule has 5 nitrogen and oxygen atoms in total. The Morgan fingerprint density at radius 1 is 0.972 bits per heavy atom. The van der Waals surface area contributed by atoms with Crippen molar-refractivity contribution < 1.29 is 12.8 Å². The minimum absolute atomic E-state index is 0.0599. The fourth-order valence-corrected chi connectivity index (χ4v) is 6.08. The zero-order valence-corrected chi connectivity index (χ0v) is 23.1. The topological polar surface area (TPSA) is 78.0 Å². The van der Waals surface area contributed by atoms with E-state index in [0.29, 0.717) is 26.5 Å². The molecule has 0 saturated heterocycles. The van der Waals surface area contributed by atoms with E-state index < -0.39 is 15.4 Å². The first-order valence-corrected chi connectivity index (χ1v) is 14.3. The van der Waals surface area contributed by atoms with Gasteiger partial charge in [0, 0.05) is 16.9 Å². The summed E-state index contributed by atoms with van der Waals surface area (Å²) in [5, 5.41) is 6.89. The lowest BCUT2D eigenvalue weighted by Crippen LogP contribution is -2.23. The number of imidazole rings is 1. The first-order valence-electron chi connectivity index (χ1n) is 10.6. The van der Waals surface area contributed by atoms with Crippen molar-refractivity contribution in [2.75, 3.05) is 0 Å². The number of hydrogen-bond donors (Lipinski definition) is 1. The van der Waals surface area contributed by atoms with E-state index in [4.69, 9.17) is 39.9 Å². The number of primary sulfonamides is 1. The van der Waals surface area contributed by atoms with Gasteiger partial charge in [0.1, 0.15) is 10.7 Å². The van der Waals surface area contributed by atoms with Gasteiger partial charge in [-0.25, -0.2) is 22.9 Å². The van der Waals surface area contributed by atoms with E-state index in [-0.39, 0.29) is 15.7 Å². The van der Waals surface area contributed by atoms with Gasteiger partial charge in [-0.15, -0.1) is 0 Å². The fraction of sp³-hybridized carbons (Fsp3) is 0.160. The summed E-state index contributed by atoms with van der Waals surface area (Å²) in [5.74, 6) is 0.0416. The van der Waals surface area contributed by atoms with E-state index >= 15 is 0 Å². The lowest BCUT2D eigenvalue weighted by atomic mass is 9.81. The molecule has 0 unspecified atom stereocenters. The summed E-state index contributed by atoms with van der Waals surface area (Å²) in [7, 11) is -3.96. The van der Waals surface area contributed by atoms with Crippen molar-refractivity contribution in [3.05, 3.63) is 105 Å². The predicted molar refractivity (Wildman–Crippen MR) is 144 cm³/mol. The van der Waals surface area contributed by atoms with Crippen LogP contribution in [0.2, 0.25) is 15.1 Å². The number of nitrogens with two attached hydrogens (primary N) is 1. The first kappa shape index (κ1) is 27.0. The van der Waals surface area contributed by atoms with Crippen molar-refractivity contribution in [1.29, 1.82) is 0 Å². The van der Waals surface area contributed by atoms with Crippen molar-refractivity contribution in [2.45, 2.75) is 35.1 Å². The van der Waals surface area contributed by atoms with Crippen LogP contribution in [0.1, 0.15) is 30.7 Å². The highest BCUT2D eigenvalue weighted by atomic mass is 35.5. The molecular weight excluding hydrogens is 564 g/mol. The molecule has 0 amide bonds. The molecule has 0 radical (unpaired) electrons. The van der Waals surface area contributed by atoms with Gasteiger partial charge in [0.2, 0.25) is 10.0 Å². The SMILES string of the molecule is CC(C)(c1ccc(Cl)c(Cl)c1)c1cnc(SCc2ccc(Cl)c(S(N)(=O)=O)c2)n1-c1ccc(F)cc1. The second-order valence-corrected chi connectivity index (χ2v) is 12.3. The van der Waals surface area contributed by atoms with Crippen LogP contribution in [0.5, 0.6) is 0 Å². The lowest BCUT2D eigenvalue weighted by Gasteiger charge is -2.28. The van der Waals surface area contributed by atoms with E-state index in [1.165, 1.54) is 36.0 Å². The van der Waals surface area contributed by atoms with Gasteiger partial charge in [-0.1, -0.05) is 72.5 Å². The average Bonchev–Trinajstić information content (AvgIpc) is 3.25. The molecule has 0 aliphatic heterocycles. The molecule has 188 valence electrons. The van der Waals surface area contributed by atoms with Crippen molar-refractivity contribution in [3.63, 3.8) is 0 Å². The Labute approximate surface area is 228 Å². The van der Waals surface area contributed by atoms with Crippen molar-refractivity contribution in [2.24, 2.45) is 5.14 Å². The van der Waals surface area contributed by atoms with E-state index in [1.54, 1.807) is 30.5 Å². The standard InChI is InChI=1S/C25H21Cl3FN3O2S2/c1-25(2,16-4-10-19(26)21(28)12-16)23-13-31-24(32(23)18-7-5-17(29)6-8-18)35-14-15-3-9-20(27)22(11-15)36(30,33)34/h3-13H,14H2,1-2H3,(H2,30,33,34). The minimum Gasteiger partial charge on any atom is -0.291 e. The molecule has 11 heteroatoms. The Morgan fingerprint density at radius 2 is 1.64 bits per heavy atom. The summed E-state index contributed by atoms with van der Waals surface area (Å²) in [5.41, 5.74) is 2.65. The van der Waals surface area contributed by atoms with Crippen LogP contribution in [0.25, 0.3) is 5.69 Å². The molecule has 0 fully saturated rings. The molecule has 4 aromatic rings. The van der Waals surface area contributed by atoms with Crippen molar-refractivity contribution in [1.82, 2.24) is 9.55 Å². The van der Waals surface area contributed by atoms with Crippen LogP contribution in [0.15, 0.2) is 76.9 Å². The molecule has 0 aliphatic carbocycles. The van der Waals surface area contributed by atoms with Gasteiger partial charge in [-0.2, -0.15) is 0 Å². The normalized spacial score (nSPS) is 12.2. The minimum atomic E-state index is -3.96. The summed E-state index contributed by atoms with van der Waals surface area (Å²) < 4.78 is 39.4. The summed E-state index contributed by atoms with van der Waals surface area (Å²) in [6, 6.07) is 16.3. The molecule has 0 bridgehead atoms. The highest BCUT2D eigenvalue weighted by Crippen LogP contribution is 2.38. The van der Waals surface area contributed by atoms with Gasteiger partial charge in [-0.3, -0.25) is 4.57 Å². The number of thioether (sulfide) groups is 1. The number of halogens is 4. The molecule has 3 aromatic carbocycles. The molecule has 2 N–H and O–H groups in total. The zero-order chi connectivity index (χ0) is 26.3. The Balaban J connectivity index is 1.77. The van der Waals surface area contributed by atoms with Crippen molar-refractivity contribution >= 4 is 56.6 Å².